The molecule has 0 spiro atoms. The number of piperidine rings is 1. The van der Waals surface area contributed by atoms with Crippen LogP contribution in [0.2, 0.25) is 0 Å². The van der Waals surface area contributed by atoms with Crippen LogP contribution in [0.15, 0.2) is 12.3 Å². The topological polar surface area (TPSA) is 109 Å². The molecule has 7 heteroatoms. The maximum absolute atomic E-state index is 11.1. The SMILES string of the molecule is CC1CCN(c2ncc(C#N)cc2[N+](=O)[O-])CC1N. The van der Waals surface area contributed by atoms with Crippen LogP contribution in [0.4, 0.5) is 11.5 Å². The molecule has 0 saturated carbocycles. The van der Waals surface area contributed by atoms with Crippen LogP contribution in [0, 0.1) is 27.4 Å². The maximum atomic E-state index is 11.1. The Balaban J connectivity index is 2.34. The molecule has 19 heavy (non-hydrogen) atoms. The van der Waals surface area contributed by atoms with E-state index >= 15 is 0 Å². The van der Waals surface area contributed by atoms with Crippen molar-refractivity contribution in [1.82, 2.24) is 4.98 Å². The van der Waals surface area contributed by atoms with E-state index in [9.17, 15) is 10.1 Å². The van der Waals surface area contributed by atoms with Gasteiger partial charge in [-0.15, -0.1) is 0 Å². The summed E-state index contributed by atoms with van der Waals surface area (Å²) in [4.78, 5) is 16.5. The summed E-state index contributed by atoms with van der Waals surface area (Å²) < 4.78 is 0. The van der Waals surface area contributed by atoms with Crippen molar-refractivity contribution in [2.75, 3.05) is 18.0 Å². The third-order valence-corrected chi connectivity index (χ3v) is 3.49. The van der Waals surface area contributed by atoms with Crippen molar-refractivity contribution >= 4 is 11.5 Å². The first kappa shape index (κ1) is 13.2. The van der Waals surface area contributed by atoms with Gasteiger partial charge in [-0.05, 0) is 12.3 Å². The van der Waals surface area contributed by atoms with E-state index in [1.807, 2.05) is 11.0 Å². The minimum atomic E-state index is -0.507. The minimum Gasteiger partial charge on any atom is -0.349 e. The predicted molar refractivity (Wildman–Crippen MR) is 69.6 cm³/mol. The summed E-state index contributed by atoms with van der Waals surface area (Å²) >= 11 is 0. The quantitative estimate of drug-likeness (QED) is 0.629. The molecule has 1 aliphatic heterocycles. The van der Waals surface area contributed by atoms with Gasteiger partial charge in [0.1, 0.15) is 6.07 Å². The number of pyridine rings is 1. The third-order valence-electron chi connectivity index (χ3n) is 3.49. The standard InChI is InChI=1S/C12H15N5O2/c1-8-2-3-16(7-10(8)14)12-11(17(18)19)4-9(5-13)6-15-12/h4,6,8,10H,2-3,7,14H2,1H3. The van der Waals surface area contributed by atoms with Crippen LogP contribution in [0.1, 0.15) is 18.9 Å². The Hall–Kier alpha value is -2.20. The van der Waals surface area contributed by atoms with Crippen LogP contribution < -0.4 is 10.6 Å². The highest BCUT2D eigenvalue weighted by Crippen LogP contribution is 2.29. The van der Waals surface area contributed by atoms with E-state index in [1.165, 1.54) is 12.3 Å². The summed E-state index contributed by atoms with van der Waals surface area (Å²) in [6, 6.07) is 3.09. The van der Waals surface area contributed by atoms with Crippen LogP contribution >= 0.6 is 0 Å². The van der Waals surface area contributed by atoms with Gasteiger partial charge in [-0.2, -0.15) is 5.26 Å². The molecule has 2 rings (SSSR count). The minimum absolute atomic E-state index is 0.0224. The summed E-state index contributed by atoms with van der Waals surface area (Å²) in [5.74, 6) is 0.694. The fourth-order valence-corrected chi connectivity index (χ4v) is 2.18. The van der Waals surface area contributed by atoms with Crippen LogP contribution in [-0.2, 0) is 0 Å². The van der Waals surface area contributed by atoms with E-state index < -0.39 is 4.92 Å². The Labute approximate surface area is 110 Å². The fourth-order valence-electron chi connectivity index (χ4n) is 2.18. The lowest BCUT2D eigenvalue weighted by atomic mass is 9.94. The number of hydrogen-bond donors (Lipinski definition) is 1. The summed E-state index contributed by atoms with van der Waals surface area (Å²) in [6.07, 6.45) is 2.23. The van der Waals surface area contributed by atoms with Crippen molar-refractivity contribution in [2.24, 2.45) is 11.7 Å². The number of nitrogens with zero attached hydrogens (tertiary/aromatic N) is 4. The van der Waals surface area contributed by atoms with E-state index in [1.54, 1.807) is 0 Å². The number of hydrogen-bond acceptors (Lipinski definition) is 6. The number of nitro groups is 1. The summed E-state index contributed by atoms with van der Waals surface area (Å²) in [7, 11) is 0. The van der Waals surface area contributed by atoms with Gasteiger partial charge in [0.25, 0.3) is 0 Å². The van der Waals surface area contributed by atoms with Crippen LogP contribution in [0.25, 0.3) is 0 Å². The number of nitriles is 1. The normalized spacial score (nSPS) is 22.9. The number of nitrogens with two attached hydrogens (primary N) is 1. The molecule has 0 bridgehead atoms. The van der Waals surface area contributed by atoms with Gasteiger partial charge >= 0.3 is 5.69 Å². The average molecular weight is 261 g/mol. The molecule has 0 aromatic carbocycles. The van der Waals surface area contributed by atoms with Gasteiger partial charge in [0.15, 0.2) is 0 Å². The first-order valence-electron chi connectivity index (χ1n) is 6.08. The molecule has 1 aliphatic rings. The molecule has 0 amide bonds. The van der Waals surface area contributed by atoms with Crippen LogP contribution in [0.3, 0.4) is 0 Å². The molecule has 100 valence electrons. The molecule has 1 fully saturated rings. The van der Waals surface area contributed by atoms with E-state index in [0.717, 1.165) is 6.42 Å². The monoisotopic (exact) mass is 261 g/mol. The second-order valence-electron chi connectivity index (χ2n) is 4.81. The molecule has 1 saturated heterocycles. The molecule has 1 aromatic rings. The van der Waals surface area contributed by atoms with Crippen molar-refractivity contribution in [3.63, 3.8) is 0 Å². The molecule has 0 radical (unpaired) electrons. The van der Waals surface area contributed by atoms with E-state index in [0.29, 0.717) is 24.8 Å². The van der Waals surface area contributed by atoms with Crippen LogP contribution in [0.5, 0.6) is 0 Å². The lowest BCUT2D eigenvalue weighted by Gasteiger charge is -2.35. The Morgan fingerprint density at radius 3 is 3.00 bits per heavy atom. The maximum Gasteiger partial charge on any atom is 0.312 e. The van der Waals surface area contributed by atoms with Gasteiger partial charge in [0.2, 0.25) is 5.82 Å². The fraction of sp³-hybridized carbons (Fsp3) is 0.500. The first-order chi connectivity index (χ1) is 9.02. The molecule has 2 N–H and O–H groups in total. The number of rotatable bonds is 2. The zero-order chi connectivity index (χ0) is 14.0. The Morgan fingerprint density at radius 2 is 2.42 bits per heavy atom. The molecule has 2 atom stereocenters. The van der Waals surface area contributed by atoms with E-state index in [4.69, 9.17) is 11.0 Å². The first-order valence-corrected chi connectivity index (χ1v) is 6.08. The highest BCUT2D eigenvalue weighted by molar-refractivity contribution is 5.60. The van der Waals surface area contributed by atoms with Gasteiger partial charge in [-0.1, -0.05) is 6.92 Å². The lowest BCUT2D eigenvalue weighted by Crippen LogP contribution is -2.48. The van der Waals surface area contributed by atoms with Gasteiger partial charge in [-0.25, -0.2) is 4.98 Å². The summed E-state index contributed by atoms with van der Waals surface area (Å²) in [5, 5.41) is 19.9. The molecule has 1 aromatic heterocycles. The molecule has 0 aliphatic carbocycles. The zero-order valence-electron chi connectivity index (χ0n) is 10.6. The van der Waals surface area contributed by atoms with Crippen molar-refractivity contribution in [1.29, 1.82) is 5.26 Å². The average Bonchev–Trinajstić information content (AvgIpc) is 2.41. The van der Waals surface area contributed by atoms with E-state index in [-0.39, 0.29) is 17.3 Å². The van der Waals surface area contributed by atoms with Crippen molar-refractivity contribution in [3.05, 3.63) is 27.9 Å². The van der Waals surface area contributed by atoms with Gasteiger partial charge < -0.3 is 10.6 Å². The Bertz CT molecular complexity index is 539. The smallest absolute Gasteiger partial charge is 0.312 e. The molecule has 2 heterocycles. The van der Waals surface area contributed by atoms with E-state index in [2.05, 4.69) is 11.9 Å². The molecule has 2 unspecified atom stereocenters. The second-order valence-corrected chi connectivity index (χ2v) is 4.81. The Morgan fingerprint density at radius 1 is 1.68 bits per heavy atom. The van der Waals surface area contributed by atoms with Crippen molar-refractivity contribution in [3.8, 4) is 6.07 Å². The lowest BCUT2D eigenvalue weighted by molar-refractivity contribution is -0.384. The molecular weight excluding hydrogens is 246 g/mol. The van der Waals surface area contributed by atoms with Crippen LogP contribution in [-0.4, -0.2) is 29.0 Å². The third kappa shape index (κ3) is 2.63. The van der Waals surface area contributed by atoms with Gasteiger partial charge in [0.05, 0.1) is 10.5 Å². The van der Waals surface area contributed by atoms with Crippen molar-refractivity contribution in [2.45, 2.75) is 19.4 Å². The Kier molecular flexibility index (Phi) is 3.62. The molecular formula is C12H15N5O2. The van der Waals surface area contributed by atoms with Gasteiger partial charge in [0, 0.05) is 31.4 Å². The highest BCUT2D eigenvalue weighted by atomic mass is 16.6. The predicted octanol–water partition coefficient (Wildman–Crippen LogP) is 1.03. The summed E-state index contributed by atoms with van der Waals surface area (Å²) in [5.41, 5.74) is 6.04. The number of anilines is 1. The summed E-state index contributed by atoms with van der Waals surface area (Å²) in [6.45, 7) is 3.30. The molecule has 7 nitrogen and oxygen atoms in total. The largest absolute Gasteiger partial charge is 0.349 e. The highest BCUT2D eigenvalue weighted by Gasteiger charge is 2.28. The zero-order valence-corrected chi connectivity index (χ0v) is 10.6. The second kappa shape index (κ2) is 5.20. The van der Waals surface area contributed by atoms with Gasteiger partial charge in [-0.3, -0.25) is 10.1 Å². The van der Waals surface area contributed by atoms with Crippen molar-refractivity contribution < 1.29 is 4.92 Å². The number of aromatic nitrogens is 1.